The van der Waals surface area contributed by atoms with Crippen molar-refractivity contribution in [3.8, 4) is 0 Å². The van der Waals surface area contributed by atoms with Crippen LogP contribution in [0.5, 0.6) is 0 Å². The molecule has 1 atom stereocenters. The third-order valence-corrected chi connectivity index (χ3v) is 3.53. The molecule has 1 fully saturated rings. The van der Waals surface area contributed by atoms with Crippen molar-refractivity contribution in [2.45, 2.75) is 32.6 Å². The van der Waals surface area contributed by atoms with Gasteiger partial charge in [-0.15, -0.1) is 0 Å². The number of benzene rings is 1. The van der Waals surface area contributed by atoms with E-state index in [9.17, 15) is 13.6 Å². The Morgan fingerprint density at radius 3 is 2.89 bits per heavy atom. The van der Waals surface area contributed by atoms with Crippen LogP contribution >= 0.6 is 0 Å². The first-order valence-corrected chi connectivity index (χ1v) is 6.29. The summed E-state index contributed by atoms with van der Waals surface area (Å²) < 4.78 is 26.6. The van der Waals surface area contributed by atoms with E-state index in [0.29, 0.717) is 24.3 Å². The molecule has 0 amide bonds. The molecular weight excluding hydrogens is 234 g/mol. The summed E-state index contributed by atoms with van der Waals surface area (Å²) in [5.74, 6) is -1.22. The Hall–Kier alpha value is -1.51. The molecule has 0 heterocycles. The Balaban J connectivity index is 2.31. The van der Waals surface area contributed by atoms with Crippen molar-refractivity contribution in [3.63, 3.8) is 0 Å². The minimum absolute atomic E-state index is 0.0587. The number of carbonyl (C=O) groups excluding carboxylic acids is 1. The van der Waals surface area contributed by atoms with E-state index in [1.165, 1.54) is 18.2 Å². The van der Waals surface area contributed by atoms with Crippen molar-refractivity contribution in [2.75, 3.05) is 0 Å². The van der Waals surface area contributed by atoms with E-state index in [1.54, 1.807) is 0 Å². The number of allylic oxidation sites excluding steroid dienone is 1. The number of ketones is 1. The molecule has 0 radical (unpaired) electrons. The van der Waals surface area contributed by atoms with Crippen molar-refractivity contribution in [2.24, 2.45) is 5.92 Å². The maximum absolute atomic E-state index is 13.5. The van der Waals surface area contributed by atoms with Crippen LogP contribution in [0.3, 0.4) is 0 Å². The van der Waals surface area contributed by atoms with Crippen LogP contribution in [0.2, 0.25) is 0 Å². The molecule has 0 N–H and O–H groups in total. The Kier molecular flexibility index (Phi) is 3.90. The van der Waals surface area contributed by atoms with Crippen molar-refractivity contribution in [1.29, 1.82) is 0 Å². The second-order valence-electron chi connectivity index (χ2n) is 4.75. The van der Waals surface area contributed by atoms with Crippen LogP contribution in [-0.4, -0.2) is 5.78 Å². The molecule has 1 unspecified atom stereocenters. The zero-order valence-electron chi connectivity index (χ0n) is 10.4. The van der Waals surface area contributed by atoms with E-state index in [0.717, 1.165) is 18.9 Å². The van der Waals surface area contributed by atoms with Gasteiger partial charge in [-0.1, -0.05) is 25.5 Å². The number of hydrogen-bond donors (Lipinski definition) is 0. The molecule has 0 aliphatic heterocycles. The fourth-order valence-corrected chi connectivity index (χ4v) is 2.33. The summed E-state index contributed by atoms with van der Waals surface area (Å²) in [5, 5.41) is 0. The lowest BCUT2D eigenvalue weighted by molar-refractivity contribution is -0.116. The summed E-state index contributed by atoms with van der Waals surface area (Å²) in [4.78, 5) is 11.8. The van der Waals surface area contributed by atoms with Crippen molar-refractivity contribution in [1.82, 2.24) is 0 Å². The molecular formula is C15H16F2O. The van der Waals surface area contributed by atoms with Crippen LogP contribution < -0.4 is 0 Å². The molecule has 1 nitrogen and oxygen atoms in total. The predicted octanol–water partition coefficient (Wildman–Crippen LogP) is 4.13. The topological polar surface area (TPSA) is 17.1 Å². The molecule has 0 aromatic heterocycles. The van der Waals surface area contributed by atoms with Crippen LogP contribution in [0.15, 0.2) is 23.8 Å². The molecule has 1 aromatic rings. The van der Waals surface area contributed by atoms with Gasteiger partial charge in [0.25, 0.3) is 0 Å². The third kappa shape index (κ3) is 2.66. The zero-order valence-corrected chi connectivity index (χ0v) is 10.4. The van der Waals surface area contributed by atoms with Gasteiger partial charge in [0.2, 0.25) is 0 Å². The summed E-state index contributed by atoms with van der Waals surface area (Å²) in [6, 6.07) is 4.03. The van der Waals surface area contributed by atoms with Crippen LogP contribution in [0.25, 0.3) is 6.08 Å². The van der Waals surface area contributed by atoms with E-state index >= 15 is 0 Å². The van der Waals surface area contributed by atoms with Gasteiger partial charge in [-0.2, -0.15) is 0 Å². The van der Waals surface area contributed by atoms with Gasteiger partial charge < -0.3 is 0 Å². The highest BCUT2D eigenvalue weighted by molar-refractivity contribution is 6.00. The van der Waals surface area contributed by atoms with Gasteiger partial charge >= 0.3 is 0 Å². The fourth-order valence-electron chi connectivity index (χ4n) is 2.33. The summed E-state index contributed by atoms with van der Waals surface area (Å²) in [5.41, 5.74) is 0.785. The minimum atomic E-state index is -0.878. The van der Waals surface area contributed by atoms with Crippen molar-refractivity contribution >= 4 is 11.9 Å². The number of halogens is 2. The largest absolute Gasteiger partial charge is 0.295 e. The molecule has 3 heteroatoms. The van der Waals surface area contributed by atoms with E-state index in [-0.39, 0.29) is 11.3 Å². The molecule has 18 heavy (non-hydrogen) atoms. The summed E-state index contributed by atoms with van der Waals surface area (Å²) >= 11 is 0. The number of carbonyl (C=O) groups is 1. The van der Waals surface area contributed by atoms with Crippen LogP contribution in [-0.2, 0) is 4.79 Å². The molecule has 0 bridgehead atoms. The first-order valence-electron chi connectivity index (χ1n) is 6.29. The Morgan fingerprint density at radius 2 is 2.17 bits per heavy atom. The normalized spacial score (nSPS) is 22.5. The van der Waals surface area contributed by atoms with Gasteiger partial charge in [0.05, 0.1) is 0 Å². The molecule has 1 aliphatic rings. The standard InChI is InChI=1S/C15H16F2O/c1-2-10-6-7-14(18)12(8-10)9-11-4-3-5-13(16)15(11)17/h3-5,9-10H,2,6-8H2,1H3/b12-9-. The SMILES string of the molecule is CCC1CCC(=O)/C(=C\c2cccc(F)c2F)C1. The predicted molar refractivity (Wildman–Crippen MR) is 67.0 cm³/mol. The van der Waals surface area contributed by atoms with Crippen molar-refractivity contribution in [3.05, 3.63) is 41.0 Å². The number of Topliss-reactive ketones (excluding diaryl/α,β-unsaturated/α-hetero) is 1. The van der Waals surface area contributed by atoms with Crippen LogP contribution in [0, 0.1) is 17.6 Å². The second-order valence-corrected chi connectivity index (χ2v) is 4.75. The highest BCUT2D eigenvalue weighted by Crippen LogP contribution is 2.30. The maximum Gasteiger partial charge on any atom is 0.166 e. The minimum Gasteiger partial charge on any atom is -0.295 e. The smallest absolute Gasteiger partial charge is 0.166 e. The fraction of sp³-hybridized carbons (Fsp3) is 0.400. The summed E-state index contributed by atoms with van der Waals surface area (Å²) in [7, 11) is 0. The number of hydrogen-bond acceptors (Lipinski definition) is 1. The zero-order chi connectivity index (χ0) is 13.1. The lowest BCUT2D eigenvalue weighted by Crippen LogP contribution is -2.16. The van der Waals surface area contributed by atoms with Gasteiger partial charge in [0, 0.05) is 12.0 Å². The van der Waals surface area contributed by atoms with E-state index in [1.807, 2.05) is 0 Å². The lowest BCUT2D eigenvalue weighted by Gasteiger charge is -2.21. The van der Waals surface area contributed by atoms with E-state index in [4.69, 9.17) is 0 Å². The van der Waals surface area contributed by atoms with Gasteiger partial charge in [-0.3, -0.25) is 4.79 Å². The van der Waals surface area contributed by atoms with Crippen LogP contribution in [0.1, 0.15) is 38.2 Å². The van der Waals surface area contributed by atoms with Crippen LogP contribution in [0.4, 0.5) is 8.78 Å². The van der Waals surface area contributed by atoms with Gasteiger partial charge in [-0.25, -0.2) is 8.78 Å². The van der Waals surface area contributed by atoms with Gasteiger partial charge in [0.15, 0.2) is 17.4 Å². The Bertz CT molecular complexity index is 491. The van der Waals surface area contributed by atoms with Crippen molar-refractivity contribution < 1.29 is 13.6 Å². The maximum atomic E-state index is 13.5. The molecule has 1 saturated carbocycles. The highest BCUT2D eigenvalue weighted by Gasteiger charge is 2.22. The molecule has 1 aliphatic carbocycles. The van der Waals surface area contributed by atoms with E-state index in [2.05, 4.69) is 6.92 Å². The Labute approximate surface area is 106 Å². The Morgan fingerprint density at radius 1 is 1.39 bits per heavy atom. The molecule has 2 rings (SSSR count). The summed E-state index contributed by atoms with van der Waals surface area (Å²) in [6.45, 7) is 2.08. The quantitative estimate of drug-likeness (QED) is 0.721. The highest BCUT2D eigenvalue weighted by atomic mass is 19.2. The second kappa shape index (κ2) is 5.42. The average molecular weight is 250 g/mol. The lowest BCUT2D eigenvalue weighted by atomic mass is 9.82. The molecule has 0 saturated heterocycles. The molecule has 96 valence electrons. The van der Waals surface area contributed by atoms with E-state index < -0.39 is 11.6 Å². The third-order valence-electron chi connectivity index (χ3n) is 3.53. The summed E-state index contributed by atoms with van der Waals surface area (Å²) in [6.07, 6.45) is 4.60. The first-order chi connectivity index (χ1) is 8.61. The first kappa shape index (κ1) is 12.9. The molecule has 0 spiro atoms. The monoisotopic (exact) mass is 250 g/mol. The van der Waals surface area contributed by atoms with Gasteiger partial charge in [0.1, 0.15) is 0 Å². The average Bonchev–Trinajstić information content (AvgIpc) is 2.37. The number of rotatable bonds is 2. The van der Waals surface area contributed by atoms with Gasteiger partial charge in [-0.05, 0) is 36.5 Å². The molecule has 1 aromatic carbocycles.